The zero-order valence-corrected chi connectivity index (χ0v) is 9.31. The average Bonchev–Trinajstić information content (AvgIpc) is 2.59. The van der Waals surface area contributed by atoms with Crippen LogP contribution in [0.2, 0.25) is 0 Å². The number of amides is 1. The second kappa shape index (κ2) is 4.73. The minimum atomic E-state index is -0.669. The zero-order chi connectivity index (χ0) is 12.3. The number of nitrogens with zero attached hydrogens (tertiary/aromatic N) is 2. The van der Waals surface area contributed by atoms with E-state index in [1.807, 2.05) is 6.92 Å². The fourth-order valence-electron chi connectivity index (χ4n) is 1.13. The van der Waals surface area contributed by atoms with Crippen molar-refractivity contribution in [3.05, 3.63) is 21.6 Å². The summed E-state index contributed by atoms with van der Waals surface area (Å²) in [7, 11) is 0. The molecule has 1 N–H and O–H groups in total. The summed E-state index contributed by atoms with van der Waals surface area (Å²) in [5.74, 6) is -0.558. The van der Waals surface area contributed by atoms with Crippen molar-refractivity contribution in [2.24, 2.45) is 0 Å². The van der Waals surface area contributed by atoms with Crippen molar-refractivity contribution in [3.8, 4) is 0 Å². The highest BCUT2D eigenvalue weighted by atomic mass is 16.6. The van der Waals surface area contributed by atoms with Crippen molar-refractivity contribution < 1.29 is 14.2 Å². The third kappa shape index (κ3) is 2.36. The van der Waals surface area contributed by atoms with E-state index in [1.54, 1.807) is 6.92 Å². The first-order chi connectivity index (χ1) is 7.47. The van der Waals surface area contributed by atoms with Crippen LogP contribution in [-0.4, -0.2) is 22.0 Å². The summed E-state index contributed by atoms with van der Waals surface area (Å²) in [5, 5.41) is 16.7. The topological polar surface area (TPSA) is 98.3 Å². The largest absolute Gasteiger partial charge is 0.353 e. The maximum absolute atomic E-state index is 11.6. The highest BCUT2D eigenvalue weighted by molar-refractivity contribution is 5.96. The van der Waals surface area contributed by atoms with Crippen LogP contribution in [0.3, 0.4) is 0 Å². The van der Waals surface area contributed by atoms with Crippen molar-refractivity contribution in [3.63, 3.8) is 0 Å². The normalized spacial score (nSPS) is 12.2. The monoisotopic (exact) mass is 227 g/mol. The van der Waals surface area contributed by atoms with Crippen molar-refractivity contribution >= 4 is 11.6 Å². The van der Waals surface area contributed by atoms with Gasteiger partial charge in [-0.3, -0.25) is 14.9 Å². The van der Waals surface area contributed by atoms with Crippen LogP contribution in [0.15, 0.2) is 4.52 Å². The molecule has 1 unspecified atom stereocenters. The first-order valence-electron chi connectivity index (χ1n) is 4.88. The lowest BCUT2D eigenvalue weighted by Gasteiger charge is -2.08. The average molecular weight is 227 g/mol. The van der Waals surface area contributed by atoms with E-state index in [0.29, 0.717) is 0 Å². The van der Waals surface area contributed by atoms with E-state index in [0.717, 1.165) is 6.42 Å². The first-order valence-corrected chi connectivity index (χ1v) is 4.88. The molecule has 0 aliphatic rings. The van der Waals surface area contributed by atoms with Gasteiger partial charge in [-0.2, -0.15) is 0 Å². The molecular weight excluding hydrogens is 214 g/mol. The molecule has 0 saturated heterocycles. The molecule has 1 rings (SSSR count). The Kier molecular flexibility index (Phi) is 3.60. The summed E-state index contributed by atoms with van der Waals surface area (Å²) in [6.45, 7) is 5.09. The van der Waals surface area contributed by atoms with Crippen LogP contribution >= 0.6 is 0 Å². The number of carbonyl (C=O) groups excluding carboxylic acids is 1. The van der Waals surface area contributed by atoms with Gasteiger partial charge in [0.2, 0.25) is 11.5 Å². The molecule has 7 nitrogen and oxygen atoms in total. The molecular formula is C9H13N3O4. The van der Waals surface area contributed by atoms with E-state index >= 15 is 0 Å². The molecule has 16 heavy (non-hydrogen) atoms. The Hall–Kier alpha value is -1.92. The number of aromatic nitrogens is 1. The summed E-state index contributed by atoms with van der Waals surface area (Å²) in [4.78, 5) is 21.6. The predicted molar refractivity (Wildman–Crippen MR) is 55.1 cm³/mol. The number of hydrogen-bond acceptors (Lipinski definition) is 5. The molecule has 1 heterocycles. The SMILES string of the molecule is CCC(C)NC(=O)c1noc(C)c1[N+](=O)[O-]. The van der Waals surface area contributed by atoms with E-state index in [4.69, 9.17) is 0 Å². The zero-order valence-electron chi connectivity index (χ0n) is 9.31. The van der Waals surface area contributed by atoms with E-state index in [9.17, 15) is 14.9 Å². The molecule has 0 bridgehead atoms. The second-order valence-electron chi connectivity index (χ2n) is 3.48. The van der Waals surface area contributed by atoms with Gasteiger partial charge in [0.1, 0.15) is 0 Å². The van der Waals surface area contributed by atoms with Crippen LogP contribution in [0.4, 0.5) is 5.69 Å². The molecule has 1 atom stereocenters. The number of hydrogen-bond donors (Lipinski definition) is 1. The molecule has 7 heteroatoms. The Labute approximate surface area is 92.0 Å². The number of rotatable bonds is 4. The van der Waals surface area contributed by atoms with Crippen molar-refractivity contribution in [2.75, 3.05) is 0 Å². The van der Waals surface area contributed by atoms with Crippen LogP contribution in [0.5, 0.6) is 0 Å². The number of carbonyl (C=O) groups is 1. The van der Waals surface area contributed by atoms with Gasteiger partial charge in [0.15, 0.2) is 0 Å². The van der Waals surface area contributed by atoms with Crippen LogP contribution in [0, 0.1) is 17.0 Å². The van der Waals surface area contributed by atoms with Gasteiger partial charge in [-0.25, -0.2) is 0 Å². The second-order valence-corrected chi connectivity index (χ2v) is 3.48. The molecule has 1 amide bonds. The van der Waals surface area contributed by atoms with Crippen LogP contribution in [0.25, 0.3) is 0 Å². The van der Waals surface area contributed by atoms with Gasteiger partial charge >= 0.3 is 5.69 Å². The number of aryl methyl sites for hydroxylation is 1. The maximum Gasteiger partial charge on any atom is 0.344 e. The lowest BCUT2D eigenvalue weighted by Crippen LogP contribution is -2.32. The lowest BCUT2D eigenvalue weighted by molar-refractivity contribution is -0.386. The molecule has 0 aromatic carbocycles. The van der Waals surface area contributed by atoms with E-state index in [2.05, 4.69) is 15.0 Å². The van der Waals surface area contributed by atoms with Gasteiger partial charge in [0, 0.05) is 13.0 Å². The van der Waals surface area contributed by atoms with Crippen LogP contribution < -0.4 is 5.32 Å². The van der Waals surface area contributed by atoms with E-state index in [-0.39, 0.29) is 23.2 Å². The van der Waals surface area contributed by atoms with Crippen molar-refractivity contribution in [1.29, 1.82) is 0 Å². The quantitative estimate of drug-likeness (QED) is 0.619. The summed E-state index contributed by atoms with van der Waals surface area (Å²) >= 11 is 0. The molecule has 0 aliphatic carbocycles. The highest BCUT2D eigenvalue weighted by Crippen LogP contribution is 2.22. The molecule has 0 saturated carbocycles. The van der Waals surface area contributed by atoms with Gasteiger partial charge in [-0.05, 0) is 13.3 Å². The molecule has 0 spiro atoms. The van der Waals surface area contributed by atoms with E-state index < -0.39 is 10.8 Å². The minimum absolute atomic E-state index is 0.0271. The lowest BCUT2D eigenvalue weighted by atomic mass is 10.2. The smallest absolute Gasteiger partial charge is 0.344 e. The third-order valence-corrected chi connectivity index (χ3v) is 2.22. The van der Waals surface area contributed by atoms with E-state index in [1.165, 1.54) is 6.92 Å². The van der Waals surface area contributed by atoms with Gasteiger partial charge < -0.3 is 9.84 Å². The standard InChI is InChI=1S/C9H13N3O4/c1-4-5(2)10-9(13)7-8(12(14)15)6(3)16-11-7/h5H,4H2,1-3H3,(H,10,13). The maximum atomic E-state index is 11.6. The van der Waals surface area contributed by atoms with Gasteiger partial charge in [0.05, 0.1) is 4.92 Å². The molecule has 1 aromatic rings. The number of nitrogens with one attached hydrogen (secondary N) is 1. The van der Waals surface area contributed by atoms with Crippen LogP contribution in [-0.2, 0) is 0 Å². The Balaban J connectivity index is 2.96. The fraction of sp³-hybridized carbons (Fsp3) is 0.556. The van der Waals surface area contributed by atoms with Crippen molar-refractivity contribution in [2.45, 2.75) is 33.2 Å². The Morgan fingerprint density at radius 2 is 2.31 bits per heavy atom. The first kappa shape index (κ1) is 12.2. The van der Waals surface area contributed by atoms with Crippen molar-refractivity contribution in [1.82, 2.24) is 10.5 Å². The summed E-state index contributed by atoms with van der Waals surface area (Å²) in [5.41, 5.74) is -0.649. The Bertz CT molecular complexity index is 413. The molecule has 0 radical (unpaired) electrons. The molecule has 0 fully saturated rings. The molecule has 0 aliphatic heterocycles. The summed E-state index contributed by atoms with van der Waals surface area (Å²) in [6, 6.07) is -0.0656. The van der Waals surface area contributed by atoms with Gasteiger partial charge in [-0.1, -0.05) is 12.1 Å². The fourth-order valence-corrected chi connectivity index (χ4v) is 1.13. The van der Waals surface area contributed by atoms with Crippen LogP contribution in [0.1, 0.15) is 36.5 Å². The third-order valence-electron chi connectivity index (χ3n) is 2.22. The van der Waals surface area contributed by atoms with Gasteiger partial charge in [0.25, 0.3) is 5.91 Å². The Morgan fingerprint density at radius 3 is 2.81 bits per heavy atom. The Morgan fingerprint density at radius 1 is 1.69 bits per heavy atom. The number of nitro groups is 1. The summed E-state index contributed by atoms with van der Waals surface area (Å²) < 4.78 is 4.64. The summed E-state index contributed by atoms with van der Waals surface area (Å²) in [6.07, 6.45) is 0.733. The minimum Gasteiger partial charge on any atom is -0.353 e. The molecule has 88 valence electrons. The molecule has 1 aromatic heterocycles. The predicted octanol–water partition coefficient (Wildman–Crippen LogP) is 1.42. The van der Waals surface area contributed by atoms with Gasteiger partial charge in [-0.15, -0.1) is 0 Å². The highest BCUT2D eigenvalue weighted by Gasteiger charge is 2.29.